The highest BCUT2D eigenvalue weighted by Crippen LogP contribution is 2.28. The molecule has 0 atom stereocenters. The maximum Gasteiger partial charge on any atom is 0.234 e. The Kier molecular flexibility index (Phi) is 8.16. The fourth-order valence-corrected chi connectivity index (χ4v) is 4.26. The minimum absolute atomic E-state index is 0.0325. The second-order valence-corrected chi connectivity index (χ2v) is 8.24. The molecule has 0 saturated heterocycles. The molecule has 0 fully saturated rings. The van der Waals surface area contributed by atoms with Crippen LogP contribution < -0.4 is 10.6 Å². The van der Waals surface area contributed by atoms with Crippen LogP contribution in [0.3, 0.4) is 0 Å². The van der Waals surface area contributed by atoms with E-state index in [2.05, 4.69) is 20.8 Å². The summed E-state index contributed by atoms with van der Waals surface area (Å²) < 4.78 is 14.2. The molecule has 25 heavy (non-hydrogen) atoms. The third kappa shape index (κ3) is 7.41. The number of amides is 2. The van der Waals surface area contributed by atoms with Gasteiger partial charge in [-0.25, -0.2) is 4.39 Å². The molecule has 0 radical (unpaired) electrons. The lowest BCUT2D eigenvalue weighted by Gasteiger charge is -2.03. The fourth-order valence-electron chi connectivity index (χ4n) is 1.61. The van der Waals surface area contributed by atoms with Crippen molar-refractivity contribution in [2.24, 2.45) is 0 Å². The average molecular weight is 401 g/mol. The first kappa shape index (κ1) is 19.7. The molecule has 0 aliphatic rings. The lowest BCUT2D eigenvalue weighted by atomic mass is 10.3. The van der Waals surface area contributed by atoms with Crippen molar-refractivity contribution in [3.63, 3.8) is 0 Å². The molecule has 2 aromatic rings. The van der Waals surface area contributed by atoms with E-state index in [4.69, 9.17) is 0 Å². The van der Waals surface area contributed by atoms with Gasteiger partial charge in [-0.15, -0.1) is 10.2 Å². The molecule has 0 bridgehead atoms. The molecule has 2 amide bonds. The summed E-state index contributed by atoms with van der Waals surface area (Å²) >= 11 is 3.93. The molecular formula is C15H17FN4O2S3. The number of nitrogens with one attached hydrogen (secondary N) is 2. The van der Waals surface area contributed by atoms with Gasteiger partial charge in [-0.2, -0.15) is 0 Å². The molecule has 0 aliphatic heterocycles. The van der Waals surface area contributed by atoms with Crippen molar-refractivity contribution in [3.8, 4) is 0 Å². The number of rotatable bonds is 9. The number of halogens is 1. The topological polar surface area (TPSA) is 84.0 Å². The molecule has 1 aromatic heterocycles. The Morgan fingerprint density at radius 3 is 2.28 bits per heavy atom. The quantitative estimate of drug-likeness (QED) is 0.630. The summed E-state index contributed by atoms with van der Waals surface area (Å²) in [5.41, 5.74) is 0.540. The molecule has 2 rings (SSSR count). The number of carbonyl (C=O) groups excluding carboxylic acids is 2. The largest absolute Gasteiger partial charge is 0.355 e. The monoisotopic (exact) mass is 400 g/mol. The number of carbonyl (C=O) groups is 2. The summed E-state index contributed by atoms with van der Waals surface area (Å²) in [5.74, 6) is -0.123. The molecule has 134 valence electrons. The SMILES string of the molecule is CCCNC(=O)CSc1nnc(SCC(=O)Nc2ccc(F)cc2)s1. The lowest BCUT2D eigenvalue weighted by Crippen LogP contribution is -2.25. The van der Waals surface area contributed by atoms with Crippen LogP contribution in [0.4, 0.5) is 10.1 Å². The van der Waals surface area contributed by atoms with Gasteiger partial charge in [0.1, 0.15) is 5.82 Å². The predicted molar refractivity (Wildman–Crippen MR) is 99.7 cm³/mol. The number of aromatic nitrogens is 2. The third-order valence-electron chi connectivity index (χ3n) is 2.74. The van der Waals surface area contributed by atoms with Crippen LogP contribution in [-0.4, -0.2) is 40.1 Å². The molecule has 0 aliphatic carbocycles. The minimum Gasteiger partial charge on any atom is -0.355 e. The standard InChI is InChI=1S/C15H17FN4O2S3/c1-2-7-17-12(21)8-23-14-19-20-15(25-14)24-9-13(22)18-11-5-3-10(16)4-6-11/h3-6H,2,7-9H2,1H3,(H,17,21)(H,18,22). The van der Waals surface area contributed by atoms with E-state index in [0.29, 0.717) is 26.7 Å². The number of thioether (sulfide) groups is 2. The van der Waals surface area contributed by atoms with Gasteiger partial charge in [0.05, 0.1) is 11.5 Å². The zero-order chi connectivity index (χ0) is 18.1. The van der Waals surface area contributed by atoms with Crippen LogP contribution in [0.5, 0.6) is 0 Å². The highest BCUT2D eigenvalue weighted by molar-refractivity contribution is 8.03. The van der Waals surface area contributed by atoms with Crippen LogP contribution in [0, 0.1) is 5.82 Å². The molecule has 6 nitrogen and oxygen atoms in total. The lowest BCUT2D eigenvalue weighted by molar-refractivity contribution is -0.118. The second kappa shape index (κ2) is 10.4. The normalized spacial score (nSPS) is 10.5. The highest BCUT2D eigenvalue weighted by atomic mass is 32.2. The predicted octanol–water partition coefficient (Wildman–Crippen LogP) is 3.03. The number of nitrogens with zero attached hydrogens (tertiary/aromatic N) is 2. The van der Waals surface area contributed by atoms with Gasteiger partial charge in [0.25, 0.3) is 0 Å². The van der Waals surface area contributed by atoms with Crippen molar-refractivity contribution in [2.45, 2.75) is 22.0 Å². The third-order valence-corrected chi connectivity index (χ3v) is 5.93. The number of hydrogen-bond acceptors (Lipinski definition) is 7. The van der Waals surface area contributed by atoms with Gasteiger partial charge in [0.2, 0.25) is 11.8 Å². The van der Waals surface area contributed by atoms with E-state index >= 15 is 0 Å². The van der Waals surface area contributed by atoms with E-state index < -0.39 is 0 Å². The summed E-state index contributed by atoms with van der Waals surface area (Å²) in [6.45, 7) is 2.66. The zero-order valence-corrected chi connectivity index (χ0v) is 15.9. The van der Waals surface area contributed by atoms with Crippen molar-refractivity contribution in [1.82, 2.24) is 15.5 Å². The van der Waals surface area contributed by atoms with Gasteiger partial charge >= 0.3 is 0 Å². The van der Waals surface area contributed by atoms with E-state index in [0.717, 1.165) is 6.42 Å². The van der Waals surface area contributed by atoms with Crippen LogP contribution in [0.15, 0.2) is 32.9 Å². The van der Waals surface area contributed by atoms with Gasteiger partial charge < -0.3 is 10.6 Å². The van der Waals surface area contributed by atoms with E-state index in [1.54, 1.807) is 0 Å². The molecule has 0 unspecified atom stereocenters. The first-order valence-electron chi connectivity index (χ1n) is 7.48. The summed E-state index contributed by atoms with van der Waals surface area (Å²) in [6.07, 6.45) is 0.899. The number of benzene rings is 1. The van der Waals surface area contributed by atoms with Gasteiger partial charge in [-0.1, -0.05) is 41.8 Å². The maximum absolute atomic E-state index is 12.8. The van der Waals surface area contributed by atoms with Crippen molar-refractivity contribution >= 4 is 52.4 Å². The molecule has 0 spiro atoms. The maximum atomic E-state index is 12.8. The minimum atomic E-state index is -0.352. The first-order valence-corrected chi connectivity index (χ1v) is 10.3. The van der Waals surface area contributed by atoms with Crippen molar-refractivity contribution < 1.29 is 14.0 Å². The van der Waals surface area contributed by atoms with Crippen LogP contribution in [0.2, 0.25) is 0 Å². The molecule has 1 heterocycles. The van der Waals surface area contributed by atoms with E-state index in [9.17, 15) is 14.0 Å². The summed E-state index contributed by atoms with van der Waals surface area (Å²) in [4.78, 5) is 23.4. The summed E-state index contributed by atoms with van der Waals surface area (Å²) in [6, 6.07) is 5.57. The number of anilines is 1. The Bertz CT molecular complexity index is 709. The van der Waals surface area contributed by atoms with Crippen molar-refractivity contribution in [2.75, 3.05) is 23.4 Å². The number of hydrogen-bond donors (Lipinski definition) is 2. The molecule has 2 N–H and O–H groups in total. The molecule has 0 saturated carbocycles. The Balaban J connectivity index is 1.72. The molecular weight excluding hydrogens is 383 g/mol. The first-order chi connectivity index (χ1) is 12.1. The Morgan fingerprint density at radius 2 is 1.68 bits per heavy atom. The van der Waals surface area contributed by atoms with Gasteiger partial charge in [-0.3, -0.25) is 9.59 Å². The van der Waals surface area contributed by atoms with Crippen LogP contribution in [-0.2, 0) is 9.59 Å². The smallest absolute Gasteiger partial charge is 0.234 e. The zero-order valence-electron chi connectivity index (χ0n) is 13.5. The van der Waals surface area contributed by atoms with Crippen molar-refractivity contribution in [1.29, 1.82) is 0 Å². The van der Waals surface area contributed by atoms with E-state index in [-0.39, 0.29) is 23.4 Å². The van der Waals surface area contributed by atoms with Crippen molar-refractivity contribution in [3.05, 3.63) is 30.1 Å². The van der Waals surface area contributed by atoms with Gasteiger partial charge in [-0.05, 0) is 30.7 Å². The van der Waals surface area contributed by atoms with Crippen LogP contribution in [0.1, 0.15) is 13.3 Å². The van der Waals surface area contributed by atoms with Gasteiger partial charge in [0.15, 0.2) is 8.68 Å². The van der Waals surface area contributed by atoms with E-state index in [1.165, 1.54) is 59.1 Å². The Morgan fingerprint density at radius 1 is 1.08 bits per heavy atom. The Labute approximate surface area is 157 Å². The van der Waals surface area contributed by atoms with E-state index in [1.807, 2.05) is 6.92 Å². The fraction of sp³-hybridized carbons (Fsp3) is 0.333. The highest BCUT2D eigenvalue weighted by Gasteiger charge is 2.10. The van der Waals surface area contributed by atoms with Crippen LogP contribution >= 0.6 is 34.9 Å². The Hall–Kier alpha value is -1.65. The summed E-state index contributed by atoms with van der Waals surface area (Å²) in [5, 5.41) is 13.5. The summed E-state index contributed by atoms with van der Waals surface area (Å²) in [7, 11) is 0. The van der Waals surface area contributed by atoms with Crippen LogP contribution in [0.25, 0.3) is 0 Å². The average Bonchev–Trinajstić information content (AvgIpc) is 3.06. The molecule has 1 aromatic carbocycles. The van der Waals surface area contributed by atoms with Gasteiger partial charge in [0, 0.05) is 12.2 Å². The molecule has 10 heteroatoms. The second-order valence-electron chi connectivity index (χ2n) is 4.82.